The summed E-state index contributed by atoms with van der Waals surface area (Å²) in [5.74, 6) is 0.894. The van der Waals surface area contributed by atoms with Gasteiger partial charge >= 0.3 is 0 Å². The molecule has 2 heteroatoms. The van der Waals surface area contributed by atoms with Gasteiger partial charge in [-0.15, -0.1) is 0 Å². The molecule has 1 nitrogen and oxygen atoms in total. The maximum atomic E-state index is 5.29. The third-order valence-corrected chi connectivity index (χ3v) is 5.97. The third kappa shape index (κ3) is 3.02. The molecule has 3 aromatic carbocycles. The number of aryl methyl sites for hydroxylation is 1. The monoisotopic (exact) mass is 307 g/mol. The second-order valence-electron chi connectivity index (χ2n) is 5.06. The summed E-state index contributed by atoms with van der Waals surface area (Å²) < 4.78 is 5.29. The topological polar surface area (TPSA) is 9.23 Å². The Bertz CT molecular complexity index is 735. The van der Waals surface area contributed by atoms with Gasteiger partial charge in [0.1, 0.15) is 5.75 Å². The number of methoxy groups -OCH3 is 1. The van der Waals surface area contributed by atoms with E-state index in [1.165, 1.54) is 20.2 Å². The molecule has 0 aliphatic carbocycles. The molecule has 0 aromatic heterocycles. The molecule has 1 atom stereocenters. The normalized spacial score (nSPS) is 11.9. The molecule has 0 spiro atoms. The zero-order chi connectivity index (χ0) is 15.4. The summed E-state index contributed by atoms with van der Waals surface area (Å²) in [5.41, 5.74) is 1.32. The molecule has 110 valence electrons. The average molecular weight is 307 g/mol. The van der Waals surface area contributed by atoms with Crippen molar-refractivity contribution in [1.82, 2.24) is 0 Å². The first-order chi connectivity index (χ1) is 10.8. The predicted molar refractivity (Wildman–Crippen MR) is 92.8 cm³/mol. The molecule has 0 N–H and O–H groups in total. The highest BCUT2D eigenvalue weighted by molar-refractivity contribution is 7.97. The molecule has 0 aliphatic heterocycles. The van der Waals surface area contributed by atoms with E-state index in [0.717, 1.165) is 5.75 Å². The van der Waals surface area contributed by atoms with Gasteiger partial charge in [-0.2, -0.15) is 0 Å². The van der Waals surface area contributed by atoms with Crippen molar-refractivity contribution in [2.75, 3.05) is 7.11 Å². The Morgan fingerprint density at radius 3 is 1.91 bits per heavy atom. The van der Waals surface area contributed by atoms with Gasteiger partial charge in [-0.1, -0.05) is 36.4 Å². The zero-order valence-electron chi connectivity index (χ0n) is 12.8. The molecular formula is C20H19OS+. The highest BCUT2D eigenvalue weighted by atomic mass is 32.2. The van der Waals surface area contributed by atoms with Gasteiger partial charge in [0.25, 0.3) is 0 Å². The van der Waals surface area contributed by atoms with Crippen molar-refractivity contribution in [2.24, 2.45) is 0 Å². The van der Waals surface area contributed by atoms with E-state index in [0.29, 0.717) is 0 Å². The number of hydrogen-bond donors (Lipinski definition) is 0. The fraction of sp³-hybridized carbons (Fsp3) is 0.100. The number of ether oxygens (including phenoxy) is 1. The van der Waals surface area contributed by atoms with Crippen LogP contribution in [0.1, 0.15) is 5.56 Å². The quantitative estimate of drug-likeness (QED) is 0.609. The van der Waals surface area contributed by atoms with Crippen molar-refractivity contribution in [2.45, 2.75) is 21.6 Å². The largest absolute Gasteiger partial charge is 0.497 e. The number of rotatable bonds is 4. The molecule has 0 heterocycles. The lowest BCUT2D eigenvalue weighted by atomic mass is 10.2. The summed E-state index contributed by atoms with van der Waals surface area (Å²) in [7, 11) is 1.61. The van der Waals surface area contributed by atoms with E-state index in [2.05, 4.69) is 73.7 Å². The van der Waals surface area contributed by atoms with Crippen molar-refractivity contribution in [3.05, 3.63) is 84.4 Å². The fourth-order valence-corrected chi connectivity index (χ4v) is 4.67. The fourth-order valence-electron chi connectivity index (χ4n) is 2.44. The Labute approximate surface area is 134 Å². The van der Waals surface area contributed by atoms with E-state index >= 15 is 0 Å². The first kappa shape index (κ1) is 14.7. The Balaban J connectivity index is 2.12. The molecule has 0 radical (unpaired) electrons. The lowest BCUT2D eigenvalue weighted by Crippen LogP contribution is -2.06. The Kier molecular flexibility index (Phi) is 4.50. The van der Waals surface area contributed by atoms with E-state index in [1.807, 2.05) is 12.1 Å². The minimum absolute atomic E-state index is 0.0920. The second kappa shape index (κ2) is 6.71. The standard InChI is InChI=1S/C20H19OS/c1-16-8-6-7-11-20(16)22(18-9-4-3-5-10-18)19-14-12-17(21-2)13-15-19/h3-15H,1-2H3/q+1. The van der Waals surface area contributed by atoms with Gasteiger partial charge in [0.05, 0.1) is 18.0 Å². The van der Waals surface area contributed by atoms with Crippen LogP contribution in [0.5, 0.6) is 5.75 Å². The second-order valence-corrected chi connectivity index (χ2v) is 7.06. The molecule has 0 amide bonds. The van der Waals surface area contributed by atoms with Crippen molar-refractivity contribution in [1.29, 1.82) is 0 Å². The molecule has 0 aliphatic rings. The van der Waals surface area contributed by atoms with E-state index in [9.17, 15) is 0 Å². The molecule has 22 heavy (non-hydrogen) atoms. The van der Waals surface area contributed by atoms with Gasteiger partial charge in [0.2, 0.25) is 0 Å². The van der Waals surface area contributed by atoms with Crippen molar-refractivity contribution >= 4 is 10.9 Å². The number of hydrogen-bond acceptors (Lipinski definition) is 1. The van der Waals surface area contributed by atoms with Gasteiger partial charge < -0.3 is 4.74 Å². The van der Waals surface area contributed by atoms with Gasteiger partial charge in [0, 0.05) is 5.56 Å². The summed E-state index contributed by atoms with van der Waals surface area (Å²) in [6.45, 7) is 2.18. The van der Waals surface area contributed by atoms with Crippen LogP contribution in [-0.2, 0) is 10.9 Å². The molecule has 3 rings (SSSR count). The van der Waals surface area contributed by atoms with Crippen LogP contribution in [-0.4, -0.2) is 7.11 Å². The van der Waals surface area contributed by atoms with Crippen LogP contribution in [0.3, 0.4) is 0 Å². The Morgan fingerprint density at radius 2 is 1.27 bits per heavy atom. The van der Waals surface area contributed by atoms with Crippen molar-refractivity contribution in [3.63, 3.8) is 0 Å². The van der Waals surface area contributed by atoms with Gasteiger partial charge in [-0.3, -0.25) is 0 Å². The first-order valence-electron chi connectivity index (χ1n) is 7.28. The predicted octanol–water partition coefficient (Wildman–Crippen LogP) is 5.10. The Morgan fingerprint density at radius 1 is 0.682 bits per heavy atom. The SMILES string of the molecule is COc1ccc([S+](c2ccccc2)c2ccccc2C)cc1. The van der Waals surface area contributed by atoms with Crippen LogP contribution in [0.15, 0.2) is 93.5 Å². The molecular weight excluding hydrogens is 288 g/mol. The van der Waals surface area contributed by atoms with E-state index in [1.54, 1.807) is 7.11 Å². The van der Waals surface area contributed by atoms with Crippen LogP contribution >= 0.6 is 0 Å². The zero-order valence-corrected chi connectivity index (χ0v) is 13.6. The number of benzene rings is 3. The molecule has 0 fully saturated rings. The average Bonchev–Trinajstić information content (AvgIpc) is 2.58. The smallest absolute Gasteiger partial charge is 0.169 e. The maximum absolute atomic E-state index is 5.29. The lowest BCUT2D eigenvalue weighted by molar-refractivity contribution is 0.414. The summed E-state index contributed by atoms with van der Waals surface area (Å²) in [4.78, 5) is 4.02. The van der Waals surface area contributed by atoms with Gasteiger partial charge in [-0.25, -0.2) is 0 Å². The molecule has 0 bridgehead atoms. The molecule has 0 saturated carbocycles. The van der Waals surface area contributed by atoms with Crippen LogP contribution in [0.2, 0.25) is 0 Å². The molecule has 0 saturated heterocycles. The Hall–Kier alpha value is -2.19. The van der Waals surface area contributed by atoms with E-state index < -0.39 is 0 Å². The highest BCUT2D eigenvalue weighted by Gasteiger charge is 2.29. The van der Waals surface area contributed by atoms with Crippen LogP contribution in [0.4, 0.5) is 0 Å². The minimum atomic E-state index is -0.0920. The minimum Gasteiger partial charge on any atom is -0.497 e. The maximum Gasteiger partial charge on any atom is 0.169 e. The lowest BCUT2D eigenvalue weighted by Gasteiger charge is -2.10. The third-order valence-electron chi connectivity index (χ3n) is 3.59. The summed E-state index contributed by atoms with van der Waals surface area (Å²) in [6, 6.07) is 27.7. The van der Waals surface area contributed by atoms with Crippen LogP contribution in [0.25, 0.3) is 0 Å². The van der Waals surface area contributed by atoms with Crippen molar-refractivity contribution in [3.8, 4) is 5.75 Å². The first-order valence-corrected chi connectivity index (χ1v) is 8.51. The van der Waals surface area contributed by atoms with E-state index in [4.69, 9.17) is 4.74 Å². The van der Waals surface area contributed by atoms with Gasteiger partial charge in [-0.05, 0) is 49.4 Å². The van der Waals surface area contributed by atoms with Gasteiger partial charge in [0.15, 0.2) is 14.7 Å². The van der Waals surface area contributed by atoms with Crippen LogP contribution in [0, 0.1) is 6.92 Å². The van der Waals surface area contributed by atoms with Crippen molar-refractivity contribution < 1.29 is 4.74 Å². The van der Waals surface area contributed by atoms with Crippen LogP contribution < -0.4 is 4.74 Å². The van der Waals surface area contributed by atoms with E-state index in [-0.39, 0.29) is 10.9 Å². The highest BCUT2D eigenvalue weighted by Crippen LogP contribution is 2.33. The summed E-state index contributed by atoms with van der Waals surface area (Å²) in [5, 5.41) is 0. The summed E-state index contributed by atoms with van der Waals surface area (Å²) in [6.07, 6.45) is 0. The molecule has 3 aromatic rings. The summed E-state index contributed by atoms with van der Waals surface area (Å²) >= 11 is 0. The molecule has 1 unspecified atom stereocenters.